The van der Waals surface area contributed by atoms with Crippen LogP contribution in [0, 0.1) is 6.92 Å². The molecule has 0 unspecified atom stereocenters. The third-order valence-electron chi connectivity index (χ3n) is 2.62. The lowest BCUT2D eigenvalue weighted by Gasteiger charge is -2.10. The molecular weight excluding hydrogens is 230 g/mol. The molecule has 0 aliphatic carbocycles. The Morgan fingerprint density at radius 3 is 2.65 bits per heavy atom. The van der Waals surface area contributed by atoms with Gasteiger partial charge in [-0.25, -0.2) is 9.97 Å². The van der Waals surface area contributed by atoms with E-state index in [2.05, 4.69) is 48.2 Å². The molecule has 0 aromatic carbocycles. The lowest BCUT2D eigenvalue weighted by atomic mass is 10.1. The SMILES string of the molecule is CCNc1ncnc(-c2ccc(C)s2)c1CC. The van der Waals surface area contributed by atoms with Crippen molar-refractivity contribution in [3.8, 4) is 10.6 Å². The molecule has 0 saturated carbocycles. The summed E-state index contributed by atoms with van der Waals surface area (Å²) >= 11 is 1.78. The number of nitrogens with zero attached hydrogens (tertiary/aromatic N) is 2. The highest BCUT2D eigenvalue weighted by Gasteiger charge is 2.12. The van der Waals surface area contributed by atoms with E-state index in [0.29, 0.717) is 0 Å². The molecule has 2 heterocycles. The Bertz CT molecular complexity index is 505. The Hall–Kier alpha value is -1.42. The van der Waals surface area contributed by atoms with Gasteiger partial charge in [0.25, 0.3) is 0 Å². The first-order valence-corrected chi connectivity index (χ1v) is 6.72. The van der Waals surface area contributed by atoms with Crippen LogP contribution < -0.4 is 5.32 Å². The van der Waals surface area contributed by atoms with Crippen molar-refractivity contribution in [2.45, 2.75) is 27.2 Å². The molecule has 0 aliphatic heterocycles. The van der Waals surface area contributed by atoms with E-state index in [4.69, 9.17) is 0 Å². The van der Waals surface area contributed by atoms with Gasteiger partial charge >= 0.3 is 0 Å². The van der Waals surface area contributed by atoms with Gasteiger partial charge in [0.1, 0.15) is 12.1 Å². The summed E-state index contributed by atoms with van der Waals surface area (Å²) in [7, 11) is 0. The number of nitrogens with one attached hydrogen (secondary N) is 1. The number of anilines is 1. The minimum absolute atomic E-state index is 0.882. The van der Waals surface area contributed by atoms with Gasteiger partial charge in [0.05, 0.1) is 10.6 Å². The van der Waals surface area contributed by atoms with Crippen LogP contribution in [0.2, 0.25) is 0 Å². The van der Waals surface area contributed by atoms with Gasteiger partial charge < -0.3 is 5.32 Å². The zero-order chi connectivity index (χ0) is 12.3. The second-order valence-corrected chi connectivity index (χ2v) is 5.13. The van der Waals surface area contributed by atoms with Crippen molar-refractivity contribution < 1.29 is 0 Å². The maximum atomic E-state index is 4.44. The zero-order valence-corrected chi connectivity index (χ0v) is 11.3. The van der Waals surface area contributed by atoms with Gasteiger partial charge in [0.15, 0.2) is 0 Å². The third-order valence-corrected chi connectivity index (χ3v) is 3.62. The van der Waals surface area contributed by atoms with E-state index in [9.17, 15) is 0 Å². The highest BCUT2D eigenvalue weighted by molar-refractivity contribution is 7.15. The average Bonchev–Trinajstić information content (AvgIpc) is 2.76. The molecule has 0 fully saturated rings. The largest absolute Gasteiger partial charge is 0.370 e. The van der Waals surface area contributed by atoms with Crippen molar-refractivity contribution >= 4 is 17.2 Å². The number of thiophene rings is 1. The minimum atomic E-state index is 0.882. The highest BCUT2D eigenvalue weighted by atomic mass is 32.1. The van der Waals surface area contributed by atoms with Crippen molar-refractivity contribution in [3.05, 3.63) is 28.9 Å². The van der Waals surface area contributed by atoms with Crippen LogP contribution in [0.25, 0.3) is 10.6 Å². The molecule has 0 atom stereocenters. The summed E-state index contributed by atoms with van der Waals surface area (Å²) in [6, 6.07) is 4.27. The van der Waals surface area contributed by atoms with Crippen LogP contribution in [0.4, 0.5) is 5.82 Å². The number of hydrogen-bond donors (Lipinski definition) is 1. The summed E-state index contributed by atoms with van der Waals surface area (Å²) in [5.74, 6) is 0.964. The van der Waals surface area contributed by atoms with Crippen molar-refractivity contribution in [2.75, 3.05) is 11.9 Å². The first kappa shape index (κ1) is 12.0. The number of hydrogen-bond acceptors (Lipinski definition) is 4. The Labute approximate surface area is 106 Å². The molecule has 0 amide bonds. The molecular formula is C13H17N3S. The van der Waals surface area contributed by atoms with Crippen molar-refractivity contribution in [1.82, 2.24) is 9.97 Å². The summed E-state index contributed by atoms with van der Waals surface area (Å²) in [5, 5.41) is 3.30. The number of aryl methyl sites for hydroxylation is 1. The van der Waals surface area contributed by atoms with Gasteiger partial charge in [-0.05, 0) is 32.4 Å². The Balaban J connectivity index is 2.49. The summed E-state index contributed by atoms with van der Waals surface area (Å²) < 4.78 is 0. The van der Waals surface area contributed by atoms with Crippen LogP contribution in [-0.4, -0.2) is 16.5 Å². The minimum Gasteiger partial charge on any atom is -0.370 e. The van der Waals surface area contributed by atoms with Crippen LogP contribution in [-0.2, 0) is 6.42 Å². The highest BCUT2D eigenvalue weighted by Crippen LogP contribution is 2.31. The molecule has 17 heavy (non-hydrogen) atoms. The predicted molar refractivity (Wildman–Crippen MR) is 73.6 cm³/mol. The summed E-state index contributed by atoms with van der Waals surface area (Å²) in [6.45, 7) is 7.22. The molecule has 2 aromatic heterocycles. The van der Waals surface area contributed by atoms with Crippen molar-refractivity contribution in [1.29, 1.82) is 0 Å². The third kappa shape index (κ3) is 2.47. The van der Waals surface area contributed by atoms with Crippen LogP contribution in [0.1, 0.15) is 24.3 Å². The van der Waals surface area contributed by atoms with Crippen LogP contribution in [0.5, 0.6) is 0 Å². The smallest absolute Gasteiger partial charge is 0.133 e. The Morgan fingerprint density at radius 2 is 2.06 bits per heavy atom. The van der Waals surface area contributed by atoms with Crippen LogP contribution >= 0.6 is 11.3 Å². The second-order valence-electron chi connectivity index (χ2n) is 3.84. The van der Waals surface area contributed by atoms with Crippen molar-refractivity contribution in [2.24, 2.45) is 0 Å². The molecule has 0 bridgehead atoms. The van der Waals surface area contributed by atoms with E-state index in [1.165, 1.54) is 15.3 Å². The predicted octanol–water partition coefficient (Wildman–Crippen LogP) is 3.51. The van der Waals surface area contributed by atoms with Gasteiger partial charge in [-0.2, -0.15) is 0 Å². The number of aromatic nitrogens is 2. The van der Waals surface area contributed by atoms with E-state index >= 15 is 0 Å². The van der Waals surface area contributed by atoms with Crippen molar-refractivity contribution in [3.63, 3.8) is 0 Å². The first-order chi connectivity index (χ1) is 8.26. The molecule has 0 aliphatic rings. The maximum absolute atomic E-state index is 4.44. The molecule has 90 valence electrons. The molecule has 0 spiro atoms. The molecule has 2 rings (SSSR count). The fraction of sp³-hybridized carbons (Fsp3) is 0.385. The lowest BCUT2D eigenvalue weighted by Crippen LogP contribution is -2.05. The molecule has 3 nitrogen and oxygen atoms in total. The lowest BCUT2D eigenvalue weighted by molar-refractivity contribution is 1.03. The topological polar surface area (TPSA) is 37.8 Å². The Kier molecular flexibility index (Phi) is 3.74. The standard InChI is InChI=1S/C13H17N3S/c1-4-10-12(11-7-6-9(3)17-11)15-8-16-13(10)14-5-2/h6-8H,4-5H2,1-3H3,(H,14,15,16). The van der Waals surface area contributed by atoms with E-state index in [1.54, 1.807) is 17.7 Å². The van der Waals surface area contributed by atoms with Gasteiger partial charge in [-0.1, -0.05) is 6.92 Å². The molecule has 2 aromatic rings. The van der Waals surface area contributed by atoms with E-state index < -0.39 is 0 Å². The second kappa shape index (κ2) is 5.27. The van der Waals surface area contributed by atoms with Gasteiger partial charge in [0.2, 0.25) is 0 Å². The maximum Gasteiger partial charge on any atom is 0.133 e. The van der Waals surface area contributed by atoms with E-state index in [-0.39, 0.29) is 0 Å². The quantitative estimate of drug-likeness (QED) is 0.898. The monoisotopic (exact) mass is 247 g/mol. The van der Waals surface area contributed by atoms with E-state index in [0.717, 1.165) is 24.5 Å². The van der Waals surface area contributed by atoms with Crippen LogP contribution in [0.15, 0.2) is 18.5 Å². The fourth-order valence-corrected chi connectivity index (χ4v) is 2.73. The van der Waals surface area contributed by atoms with Gasteiger partial charge in [0, 0.05) is 17.0 Å². The summed E-state index contributed by atoms with van der Waals surface area (Å²) in [5.41, 5.74) is 2.27. The molecule has 4 heteroatoms. The summed E-state index contributed by atoms with van der Waals surface area (Å²) in [6.07, 6.45) is 2.58. The number of rotatable bonds is 4. The first-order valence-electron chi connectivity index (χ1n) is 5.90. The normalized spacial score (nSPS) is 10.5. The Morgan fingerprint density at radius 1 is 1.24 bits per heavy atom. The van der Waals surface area contributed by atoms with Crippen LogP contribution in [0.3, 0.4) is 0 Å². The van der Waals surface area contributed by atoms with Gasteiger partial charge in [-0.3, -0.25) is 0 Å². The fourth-order valence-electron chi connectivity index (χ4n) is 1.84. The zero-order valence-electron chi connectivity index (χ0n) is 10.4. The average molecular weight is 247 g/mol. The molecule has 0 saturated heterocycles. The molecule has 0 radical (unpaired) electrons. The summed E-state index contributed by atoms with van der Waals surface area (Å²) in [4.78, 5) is 11.3. The van der Waals surface area contributed by atoms with Gasteiger partial charge in [-0.15, -0.1) is 11.3 Å². The van der Waals surface area contributed by atoms with E-state index in [1.807, 2.05) is 0 Å². The molecule has 1 N–H and O–H groups in total.